The topological polar surface area (TPSA) is 9.72 Å². The number of rotatable bonds is 4. The highest BCUT2D eigenvalue weighted by molar-refractivity contribution is 7.00. The van der Waals surface area contributed by atoms with Crippen molar-refractivity contribution in [3.8, 4) is 11.1 Å². The molecule has 81 heavy (non-hydrogen) atoms. The maximum atomic E-state index is 2.85. The van der Waals surface area contributed by atoms with Crippen LogP contribution >= 0.6 is 0 Å². The van der Waals surface area contributed by atoms with Gasteiger partial charge in [0.1, 0.15) is 0 Å². The molecule has 3 heterocycles. The molecule has 7 aromatic rings. The van der Waals surface area contributed by atoms with Crippen LogP contribution in [0.2, 0.25) is 0 Å². The molecule has 4 aliphatic carbocycles. The summed E-state index contributed by atoms with van der Waals surface area (Å²) in [5.41, 5.74) is 32.2. The first-order chi connectivity index (χ1) is 38.1. The van der Waals surface area contributed by atoms with Crippen LogP contribution in [0.25, 0.3) is 11.1 Å². The molecule has 4 heteroatoms. The number of benzene rings is 7. The minimum Gasteiger partial charge on any atom is -0.334 e. The van der Waals surface area contributed by atoms with Gasteiger partial charge < -0.3 is 14.7 Å². The van der Waals surface area contributed by atoms with E-state index in [2.05, 4.69) is 248 Å². The van der Waals surface area contributed by atoms with Crippen molar-refractivity contribution in [2.24, 2.45) is 0 Å². The molecule has 1 saturated carbocycles. The number of aryl methyl sites for hydroxylation is 3. The first-order valence-corrected chi connectivity index (χ1v) is 31.5. The number of nitrogens with zero attached hydrogens (tertiary/aromatic N) is 3. The fourth-order valence-corrected chi connectivity index (χ4v) is 18.0. The molecule has 7 aromatic carbocycles. The molecule has 416 valence electrons. The third-order valence-electron chi connectivity index (χ3n) is 23.3. The fraction of sp³-hybridized carbons (Fsp3) is 0.455. The second-order valence-corrected chi connectivity index (χ2v) is 31.5. The molecule has 0 radical (unpaired) electrons. The van der Waals surface area contributed by atoms with Gasteiger partial charge in [-0.1, -0.05) is 157 Å². The van der Waals surface area contributed by atoms with Crippen molar-refractivity contribution >= 4 is 68.6 Å². The van der Waals surface area contributed by atoms with Crippen LogP contribution in [-0.4, -0.2) is 12.3 Å². The standard InChI is InChI=1S/C77H90BN3/c1-47-37-49(3)68-65(38-47)81(77(17)30-22-21-29-76(68,77)16)52-26-28-60-63(42-52)80(62-45-58-56(72(8,9)33-35-74(58,12)13)43-53(62)50-23-19-18-20-24-50)67-40-48(2)39-66-69(67)78(60)61-44-57-59(75(14,15)36-34-73(57,10)11)46-64(61)79(66)51-25-27-54-55(41-51)71(6,7)32-31-70(54,4)5/h18-20,23-28,37-46H,21-22,29-36H2,1-17H3. The van der Waals surface area contributed by atoms with Crippen molar-refractivity contribution in [3.05, 3.63) is 171 Å². The van der Waals surface area contributed by atoms with Crippen LogP contribution in [0.5, 0.6) is 0 Å². The van der Waals surface area contributed by atoms with E-state index in [-0.39, 0.29) is 50.2 Å². The maximum absolute atomic E-state index is 2.85. The van der Waals surface area contributed by atoms with Gasteiger partial charge in [0.05, 0.1) is 11.2 Å². The van der Waals surface area contributed by atoms with Gasteiger partial charge in [0.25, 0.3) is 6.71 Å². The number of anilines is 8. The van der Waals surface area contributed by atoms with Gasteiger partial charge >= 0.3 is 0 Å². The molecular weight excluding hydrogens is 978 g/mol. The van der Waals surface area contributed by atoms with Crippen molar-refractivity contribution in [1.82, 2.24) is 0 Å². The lowest BCUT2D eigenvalue weighted by Crippen LogP contribution is -2.62. The Hall–Kier alpha value is -6.00. The quantitative estimate of drug-likeness (QED) is 0.163. The molecule has 14 rings (SSSR count). The average Bonchev–Trinajstić information content (AvgIpc) is 2.07. The molecule has 7 aliphatic rings. The highest BCUT2D eigenvalue weighted by atomic mass is 15.3. The second kappa shape index (κ2) is 17.1. The van der Waals surface area contributed by atoms with E-state index >= 15 is 0 Å². The summed E-state index contributed by atoms with van der Waals surface area (Å²) < 4.78 is 0. The zero-order valence-electron chi connectivity index (χ0n) is 52.5. The molecule has 0 saturated heterocycles. The minimum atomic E-state index is -0.0911. The average molecular weight is 1070 g/mol. The van der Waals surface area contributed by atoms with E-state index in [1.807, 2.05) is 0 Å². The SMILES string of the molecule is Cc1cc2c3c(c1)N(c1cc4c(cc1-c1ccccc1)C(C)(C)CCC4(C)C)c1cc(N4c5cc(C)cc(C)c5C5(C)CCCCC45C)ccc1B3c1cc3c(cc1N2c1ccc2c(c1)C(C)(C)CCC2(C)C)C(C)(C)CCC3(C)C. The molecular formula is C77H90BN3. The maximum Gasteiger partial charge on any atom is 0.252 e. The third kappa shape index (κ3) is 7.45. The van der Waals surface area contributed by atoms with E-state index in [1.54, 1.807) is 5.56 Å². The number of hydrogen-bond donors (Lipinski definition) is 0. The third-order valence-corrected chi connectivity index (χ3v) is 23.3. The summed E-state index contributed by atoms with van der Waals surface area (Å²) in [6.07, 6.45) is 11.9. The lowest BCUT2D eigenvalue weighted by atomic mass is 9.33. The second-order valence-electron chi connectivity index (χ2n) is 31.5. The Kier molecular flexibility index (Phi) is 11.2. The van der Waals surface area contributed by atoms with Crippen molar-refractivity contribution in [3.63, 3.8) is 0 Å². The minimum absolute atomic E-state index is 0.000327. The van der Waals surface area contributed by atoms with E-state index in [4.69, 9.17) is 0 Å². The fourth-order valence-electron chi connectivity index (χ4n) is 18.0. The van der Waals surface area contributed by atoms with E-state index in [9.17, 15) is 0 Å². The first-order valence-electron chi connectivity index (χ1n) is 31.5. The van der Waals surface area contributed by atoms with Gasteiger partial charge in [0.2, 0.25) is 0 Å². The van der Waals surface area contributed by atoms with Crippen LogP contribution in [0.3, 0.4) is 0 Å². The Balaban J connectivity index is 1.12. The molecule has 0 aromatic heterocycles. The Bertz CT molecular complexity index is 3830. The summed E-state index contributed by atoms with van der Waals surface area (Å²) in [4.78, 5) is 8.40. The molecule has 0 amide bonds. The number of hydrogen-bond acceptors (Lipinski definition) is 3. The highest BCUT2D eigenvalue weighted by Crippen LogP contribution is 2.63. The van der Waals surface area contributed by atoms with Crippen molar-refractivity contribution in [2.45, 2.75) is 225 Å². The zero-order valence-corrected chi connectivity index (χ0v) is 52.5. The van der Waals surface area contributed by atoms with Crippen LogP contribution in [0.4, 0.5) is 45.5 Å². The largest absolute Gasteiger partial charge is 0.334 e. The smallest absolute Gasteiger partial charge is 0.252 e. The van der Waals surface area contributed by atoms with Gasteiger partial charge in [-0.3, -0.25) is 0 Å². The molecule has 0 spiro atoms. The first kappa shape index (κ1) is 53.0. The van der Waals surface area contributed by atoms with E-state index < -0.39 is 0 Å². The number of fused-ring (bicyclic) bond motifs is 10. The van der Waals surface area contributed by atoms with Crippen molar-refractivity contribution < 1.29 is 0 Å². The van der Waals surface area contributed by atoms with Crippen LogP contribution in [-0.2, 0) is 37.9 Å². The normalized spacial score (nSPS) is 24.2. The van der Waals surface area contributed by atoms with Crippen LogP contribution < -0.4 is 31.1 Å². The molecule has 2 atom stereocenters. The molecule has 2 unspecified atom stereocenters. The van der Waals surface area contributed by atoms with Crippen molar-refractivity contribution in [1.29, 1.82) is 0 Å². The molecule has 3 aliphatic heterocycles. The lowest BCUT2D eigenvalue weighted by Gasteiger charge is -2.51. The molecule has 3 nitrogen and oxygen atoms in total. The Morgan fingerprint density at radius 2 is 0.864 bits per heavy atom. The van der Waals surface area contributed by atoms with Gasteiger partial charge in [-0.05, 0) is 250 Å². The van der Waals surface area contributed by atoms with Crippen LogP contribution in [0, 0.1) is 20.8 Å². The highest BCUT2D eigenvalue weighted by Gasteiger charge is 2.59. The molecule has 0 bridgehead atoms. The zero-order chi connectivity index (χ0) is 57.1. The van der Waals surface area contributed by atoms with Gasteiger partial charge in [-0.15, -0.1) is 0 Å². The van der Waals surface area contributed by atoms with Gasteiger partial charge in [-0.2, -0.15) is 0 Å². The van der Waals surface area contributed by atoms with Crippen molar-refractivity contribution in [2.75, 3.05) is 14.7 Å². The van der Waals surface area contributed by atoms with Gasteiger partial charge in [0.15, 0.2) is 0 Å². The summed E-state index contributed by atoms with van der Waals surface area (Å²) in [7, 11) is 0. The summed E-state index contributed by atoms with van der Waals surface area (Å²) >= 11 is 0. The van der Waals surface area contributed by atoms with E-state index in [0.29, 0.717) is 0 Å². The van der Waals surface area contributed by atoms with Crippen LogP contribution in [0.15, 0.2) is 115 Å². The Morgan fingerprint density at radius 3 is 1.49 bits per heavy atom. The molecule has 0 N–H and O–H groups in total. The summed E-state index contributed by atoms with van der Waals surface area (Å²) in [5, 5.41) is 0. The Labute approximate surface area is 488 Å². The van der Waals surface area contributed by atoms with E-state index in [1.165, 1.54) is 174 Å². The lowest BCUT2D eigenvalue weighted by molar-refractivity contribution is 0.194. The Morgan fingerprint density at radius 1 is 0.370 bits per heavy atom. The molecule has 1 fully saturated rings. The van der Waals surface area contributed by atoms with Gasteiger partial charge in [-0.25, -0.2) is 0 Å². The predicted octanol–water partition coefficient (Wildman–Crippen LogP) is 19.2. The van der Waals surface area contributed by atoms with Gasteiger partial charge in [0, 0.05) is 50.8 Å². The summed E-state index contributed by atoms with van der Waals surface area (Å²) in [5.74, 6) is 0. The summed E-state index contributed by atoms with van der Waals surface area (Å²) in [6.45, 7) is 42.3. The van der Waals surface area contributed by atoms with Crippen LogP contribution in [0.1, 0.15) is 217 Å². The monoisotopic (exact) mass is 1070 g/mol. The summed E-state index contributed by atoms with van der Waals surface area (Å²) in [6, 6.07) is 47.8. The predicted molar refractivity (Wildman–Crippen MR) is 349 cm³/mol. The van der Waals surface area contributed by atoms with E-state index in [0.717, 1.165) is 12.8 Å².